The molecule has 4 rings (SSSR count). The van der Waals surface area contributed by atoms with Crippen LogP contribution in [0.5, 0.6) is 5.88 Å². The summed E-state index contributed by atoms with van der Waals surface area (Å²) in [4.78, 5) is 51.3. The second kappa shape index (κ2) is 9.41. The van der Waals surface area contributed by atoms with Crippen molar-refractivity contribution in [3.8, 4) is 11.6 Å². The number of anilines is 1. The van der Waals surface area contributed by atoms with Crippen molar-refractivity contribution < 1.29 is 5.11 Å². The number of hydrogen-bond acceptors (Lipinski definition) is 6. The minimum absolute atomic E-state index is 0.178. The summed E-state index contributed by atoms with van der Waals surface area (Å²) in [5.41, 5.74) is 2.65. The number of hydrogen-bond donors (Lipinski definition) is 4. The van der Waals surface area contributed by atoms with E-state index in [-0.39, 0.29) is 11.3 Å². The molecule has 4 N–H and O–H groups in total. The molecule has 2 aromatic heterocycles. The van der Waals surface area contributed by atoms with Gasteiger partial charge in [-0.3, -0.25) is 14.8 Å². The Balaban J connectivity index is 1.90. The van der Waals surface area contributed by atoms with Gasteiger partial charge in [0, 0.05) is 23.8 Å². The highest BCUT2D eigenvalue weighted by Gasteiger charge is 2.18. The number of aromatic hydroxyl groups is 1. The number of aromatic amines is 3. The molecule has 0 unspecified atom stereocenters. The minimum atomic E-state index is -0.774. The summed E-state index contributed by atoms with van der Waals surface area (Å²) >= 11 is 3.44. The van der Waals surface area contributed by atoms with Crippen molar-refractivity contribution in [3.63, 3.8) is 0 Å². The molecule has 0 aliphatic carbocycles. The summed E-state index contributed by atoms with van der Waals surface area (Å²) in [6.45, 7) is 9.19. The Hall–Kier alpha value is -3.86. The molecule has 0 spiro atoms. The lowest BCUT2D eigenvalue weighted by atomic mass is 10.1. The molecule has 0 saturated heterocycles. The molecule has 4 aromatic rings. The molecule has 2 heterocycles. The fourth-order valence-electron chi connectivity index (χ4n) is 3.93. The maximum atomic E-state index is 12.6. The second-order valence-corrected chi connectivity index (χ2v) is 8.97. The van der Waals surface area contributed by atoms with Crippen LogP contribution >= 0.6 is 15.9 Å². The summed E-state index contributed by atoms with van der Waals surface area (Å²) in [6, 6.07) is 7.08. The van der Waals surface area contributed by atoms with Gasteiger partial charge in [0.1, 0.15) is 5.56 Å². The topological polar surface area (TPSA) is 139 Å². The highest BCUT2D eigenvalue weighted by Crippen LogP contribution is 2.32. The average Bonchev–Trinajstić information content (AvgIpc) is 3.16. The van der Waals surface area contributed by atoms with E-state index >= 15 is 0 Å². The second-order valence-electron chi connectivity index (χ2n) is 8.12. The first-order valence-electron chi connectivity index (χ1n) is 11.0. The van der Waals surface area contributed by atoms with Crippen LogP contribution in [0.3, 0.4) is 0 Å². The number of rotatable bonds is 6. The van der Waals surface area contributed by atoms with E-state index in [0.29, 0.717) is 40.0 Å². The number of aromatic nitrogens is 4. The smallest absolute Gasteiger partial charge is 0.335 e. The summed E-state index contributed by atoms with van der Waals surface area (Å²) in [5.74, 6) is -0.535. The standard InChI is InChI=1S/C24H25BrN6O4/c1-5-30(6-2)20-10-17-16(27-23(34)28-17)9-18(20)26-11-14-21(32)29-24(35)31(22(14)33)19-8-13(4)12(3)7-15(19)25/h7-11,33H,5-6H2,1-4H3,(H2,27,28,34)(H,29,32,35). The highest BCUT2D eigenvalue weighted by atomic mass is 79.9. The van der Waals surface area contributed by atoms with Crippen molar-refractivity contribution in [2.45, 2.75) is 27.7 Å². The van der Waals surface area contributed by atoms with Gasteiger partial charge in [0.25, 0.3) is 5.56 Å². The van der Waals surface area contributed by atoms with Gasteiger partial charge in [0.05, 0.1) is 28.1 Å². The van der Waals surface area contributed by atoms with Crippen LogP contribution in [-0.4, -0.2) is 43.9 Å². The number of nitrogens with one attached hydrogen (secondary N) is 3. The van der Waals surface area contributed by atoms with Crippen molar-refractivity contribution in [2.24, 2.45) is 4.99 Å². The molecule has 0 aliphatic heterocycles. The van der Waals surface area contributed by atoms with E-state index in [9.17, 15) is 19.5 Å². The number of aliphatic imine (C=N–C) groups is 1. The molecule has 2 aromatic carbocycles. The Kier molecular flexibility index (Phi) is 6.53. The molecule has 10 nitrogen and oxygen atoms in total. The van der Waals surface area contributed by atoms with Gasteiger partial charge in [-0.15, -0.1) is 0 Å². The Bertz CT molecular complexity index is 1640. The van der Waals surface area contributed by atoms with Crippen molar-refractivity contribution in [3.05, 3.63) is 76.8 Å². The number of halogens is 1. The Morgan fingerprint density at radius 2 is 1.63 bits per heavy atom. The van der Waals surface area contributed by atoms with E-state index in [0.717, 1.165) is 21.4 Å². The zero-order chi connectivity index (χ0) is 25.4. The van der Waals surface area contributed by atoms with Gasteiger partial charge in [-0.05, 0) is 79.0 Å². The van der Waals surface area contributed by atoms with Crippen LogP contribution in [0.15, 0.2) is 48.1 Å². The van der Waals surface area contributed by atoms with Crippen molar-refractivity contribution in [2.75, 3.05) is 18.0 Å². The third-order valence-corrected chi connectivity index (χ3v) is 6.61. The Morgan fingerprint density at radius 3 is 2.29 bits per heavy atom. The van der Waals surface area contributed by atoms with Crippen molar-refractivity contribution in [1.82, 2.24) is 19.5 Å². The number of imidazole rings is 1. The lowest BCUT2D eigenvalue weighted by Crippen LogP contribution is -2.31. The number of fused-ring (bicyclic) bond motifs is 1. The SMILES string of the molecule is CCN(CC)c1cc2[nH]c(=O)[nH]c2cc1N=Cc1c(O)n(-c2cc(C)c(C)cc2Br)c(=O)[nH]c1=O. The summed E-state index contributed by atoms with van der Waals surface area (Å²) in [5, 5.41) is 11.0. The van der Waals surface area contributed by atoms with Crippen molar-refractivity contribution in [1.29, 1.82) is 0 Å². The van der Waals surface area contributed by atoms with Crippen LogP contribution in [0.4, 0.5) is 11.4 Å². The van der Waals surface area contributed by atoms with Crippen LogP contribution in [0.25, 0.3) is 16.7 Å². The molecule has 0 fully saturated rings. The van der Waals surface area contributed by atoms with Crippen LogP contribution < -0.4 is 21.8 Å². The molecule has 0 atom stereocenters. The third-order valence-electron chi connectivity index (χ3n) is 5.97. The molecule has 35 heavy (non-hydrogen) atoms. The lowest BCUT2D eigenvalue weighted by molar-refractivity contribution is 0.430. The van der Waals surface area contributed by atoms with Crippen LogP contribution in [0, 0.1) is 13.8 Å². The predicted molar refractivity (Wildman–Crippen MR) is 141 cm³/mol. The predicted octanol–water partition coefficient (Wildman–Crippen LogP) is 3.38. The van der Waals surface area contributed by atoms with Gasteiger partial charge in [-0.1, -0.05) is 0 Å². The van der Waals surface area contributed by atoms with Crippen LogP contribution in [0.2, 0.25) is 0 Å². The lowest BCUT2D eigenvalue weighted by Gasteiger charge is -2.22. The molecule has 0 bridgehead atoms. The summed E-state index contributed by atoms with van der Waals surface area (Å²) in [6.07, 6.45) is 1.22. The van der Waals surface area contributed by atoms with Gasteiger partial charge >= 0.3 is 11.4 Å². The quantitative estimate of drug-likeness (QED) is 0.277. The Morgan fingerprint density at radius 1 is 1.00 bits per heavy atom. The highest BCUT2D eigenvalue weighted by molar-refractivity contribution is 9.10. The van der Waals surface area contributed by atoms with E-state index in [1.54, 1.807) is 12.1 Å². The fourth-order valence-corrected chi connectivity index (χ4v) is 4.57. The van der Waals surface area contributed by atoms with Gasteiger partial charge in [0.15, 0.2) is 0 Å². The molecule has 0 saturated carbocycles. The Labute approximate surface area is 208 Å². The van der Waals surface area contributed by atoms with Gasteiger partial charge in [-0.2, -0.15) is 0 Å². The molecule has 182 valence electrons. The fraction of sp³-hybridized carbons (Fsp3) is 0.250. The van der Waals surface area contributed by atoms with E-state index in [1.165, 1.54) is 6.21 Å². The number of nitrogens with zero attached hydrogens (tertiary/aromatic N) is 3. The number of H-pyrrole nitrogens is 3. The number of aryl methyl sites for hydroxylation is 2. The molecular weight excluding hydrogens is 516 g/mol. The first-order chi connectivity index (χ1) is 16.6. The zero-order valence-electron chi connectivity index (χ0n) is 19.7. The van der Waals surface area contributed by atoms with E-state index in [4.69, 9.17) is 0 Å². The third kappa shape index (κ3) is 4.46. The molecule has 0 aliphatic rings. The zero-order valence-corrected chi connectivity index (χ0v) is 21.3. The van der Waals surface area contributed by atoms with Crippen molar-refractivity contribution >= 4 is 44.6 Å². The van der Waals surface area contributed by atoms with Gasteiger partial charge in [0.2, 0.25) is 5.88 Å². The largest absolute Gasteiger partial charge is 0.493 e. The van der Waals surface area contributed by atoms with E-state index < -0.39 is 17.1 Å². The molecule has 11 heteroatoms. The van der Waals surface area contributed by atoms with Crippen LogP contribution in [0.1, 0.15) is 30.5 Å². The molecular formula is C24H25BrN6O4. The summed E-state index contributed by atoms with van der Waals surface area (Å²) < 4.78 is 1.61. The first kappa shape index (κ1) is 24.3. The van der Waals surface area contributed by atoms with Gasteiger partial charge in [-0.25, -0.2) is 14.2 Å². The summed E-state index contributed by atoms with van der Waals surface area (Å²) in [7, 11) is 0. The molecule has 0 amide bonds. The average molecular weight is 541 g/mol. The van der Waals surface area contributed by atoms with Crippen LogP contribution in [-0.2, 0) is 0 Å². The maximum Gasteiger partial charge on any atom is 0.335 e. The maximum absolute atomic E-state index is 12.6. The first-order valence-corrected chi connectivity index (χ1v) is 11.8. The monoisotopic (exact) mass is 540 g/mol. The van der Waals surface area contributed by atoms with E-state index in [1.807, 2.05) is 39.8 Å². The number of benzene rings is 2. The normalized spacial score (nSPS) is 11.6. The van der Waals surface area contributed by atoms with Gasteiger partial charge < -0.3 is 20.0 Å². The van der Waals surface area contributed by atoms with E-state index in [2.05, 4.69) is 40.8 Å². The minimum Gasteiger partial charge on any atom is -0.493 e. The molecule has 0 radical (unpaired) electrons.